The zero-order valence-corrected chi connectivity index (χ0v) is 9.61. The second-order valence-electron chi connectivity index (χ2n) is 5.28. The first-order valence-electron chi connectivity index (χ1n) is 6.25. The van der Waals surface area contributed by atoms with E-state index in [2.05, 4.69) is 24.3 Å². The standard InChI is InChI=1S/C14H19NO/c15-14(7-8-14)10-11-3-5-12(6-4-11)13-2-1-9-16-13/h3-6,13H,1-2,7-10,15H2. The van der Waals surface area contributed by atoms with Gasteiger partial charge in [-0.3, -0.25) is 0 Å². The summed E-state index contributed by atoms with van der Waals surface area (Å²) in [5.41, 5.74) is 8.92. The Kier molecular flexibility index (Phi) is 2.49. The maximum atomic E-state index is 6.11. The smallest absolute Gasteiger partial charge is 0.0825 e. The summed E-state index contributed by atoms with van der Waals surface area (Å²) >= 11 is 0. The molecule has 1 saturated carbocycles. The molecule has 2 N–H and O–H groups in total. The van der Waals surface area contributed by atoms with E-state index in [0.717, 1.165) is 13.0 Å². The van der Waals surface area contributed by atoms with Crippen molar-refractivity contribution in [2.24, 2.45) is 5.73 Å². The van der Waals surface area contributed by atoms with Crippen molar-refractivity contribution in [2.45, 2.75) is 43.7 Å². The van der Waals surface area contributed by atoms with Gasteiger partial charge in [0.25, 0.3) is 0 Å². The molecule has 0 aromatic heterocycles. The molecule has 1 atom stereocenters. The fourth-order valence-electron chi connectivity index (χ4n) is 2.43. The van der Waals surface area contributed by atoms with E-state index in [1.165, 1.54) is 36.8 Å². The topological polar surface area (TPSA) is 35.2 Å². The summed E-state index contributed by atoms with van der Waals surface area (Å²) in [6.07, 6.45) is 6.08. The van der Waals surface area contributed by atoms with Gasteiger partial charge in [-0.15, -0.1) is 0 Å². The summed E-state index contributed by atoms with van der Waals surface area (Å²) in [6.45, 7) is 0.915. The van der Waals surface area contributed by atoms with E-state index in [4.69, 9.17) is 10.5 Å². The lowest BCUT2D eigenvalue weighted by atomic mass is 10.0. The summed E-state index contributed by atoms with van der Waals surface area (Å²) in [7, 11) is 0. The SMILES string of the molecule is NC1(Cc2ccc(C3CCCO3)cc2)CC1. The summed E-state index contributed by atoms with van der Waals surface area (Å²) in [5, 5.41) is 0. The zero-order chi connectivity index (χ0) is 11.0. The highest BCUT2D eigenvalue weighted by molar-refractivity contribution is 5.27. The molecule has 2 fully saturated rings. The molecule has 1 aromatic carbocycles. The van der Waals surface area contributed by atoms with Crippen molar-refractivity contribution in [1.29, 1.82) is 0 Å². The first kappa shape index (κ1) is 10.3. The normalized spacial score (nSPS) is 26.9. The summed E-state index contributed by atoms with van der Waals surface area (Å²) in [4.78, 5) is 0. The largest absolute Gasteiger partial charge is 0.374 e. The van der Waals surface area contributed by atoms with E-state index in [1.807, 2.05) is 0 Å². The quantitative estimate of drug-likeness (QED) is 0.844. The molecule has 1 saturated heterocycles. The third-order valence-electron chi connectivity index (χ3n) is 3.73. The fraction of sp³-hybridized carbons (Fsp3) is 0.571. The monoisotopic (exact) mass is 217 g/mol. The van der Waals surface area contributed by atoms with E-state index < -0.39 is 0 Å². The molecule has 1 aliphatic heterocycles. The molecule has 1 unspecified atom stereocenters. The molecule has 16 heavy (non-hydrogen) atoms. The van der Waals surface area contributed by atoms with Crippen LogP contribution in [-0.2, 0) is 11.2 Å². The van der Waals surface area contributed by atoms with Crippen LogP contribution in [0.2, 0.25) is 0 Å². The molecular weight excluding hydrogens is 198 g/mol. The van der Waals surface area contributed by atoms with Gasteiger partial charge in [-0.2, -0.15) is 0 Å². The fourth-order valence-corrected chi connectivity index (χ4v) is 2.43. The molecule has 2 heteroatoms. The van der Waals surface area contributed by atoms with E-state index in [1.54, 1.807) is 0 Å². The van der Waals surface area contributed by atoms with Gasteiger partial charge in [0.2, 0.25) is 0 Å². The minimum atomic E-state index is 0.116. The molecule has 2 aliphatic rings. The Bertz CT molecular complexity index is 361. The van der Waals surface area contributed by atoms with Crippen molar-refractivity contribution in [1.82, 2.24) is 0 Å². The van der Waals surface area contributed by atoms with Gasteiger partial charge in [0.15, 0.2) is 0 Å². The second kappa shape index (κ2) is 3.86. The van der Waals surface area contributed by atoms with Crippen molar-refractivity contribution in [2.75, 3.05) is 6.61 Å². The van der Waals surface area contributed by atoms with Crippen LogP contribution in [0.1, 0.15) is 42.9 Å². The number of rotatable bonds is 3. The number of hydrogen-bond donors (Lipinski definition) is 1. The number of ether oxygens (including phenoxy) is 1. The molecule has 0 bridgehead atoms. The van der Waals surface area contributed by atoms with Crippen LogP contribution in [0.15, 0.2) is 24.3 Å². The predicted molar refractivity (Wildman–Crippen MR) is 64.2 cm³/mol. The van der Waals surface area contributed by atoms with Gasteiger partial charge < -0.3 is 10.5 Å². The maximum Gasteiger partial charge on any atom is 0.0825 e. The lowest BCUT2D eigenvalue weighted by Gasteiger charge is -2.12. The Morgan fingerprint density at radius 2 is 2.00 bits per heavy atom. The molecular formula is C14H19NO. The first-order valence-corrected chi connectivity index (χ1v) is 6.25. The molecule has 0 amide bonds. The Morgan fingerprint density at radius 1 is 1.25 bits per heavy atom. The Balaban J connectivity index is 1.69. The molecule has 2 nitrogen and oxygen atoms in total. The third-order valence-corrected chi connectivity index (χ3v) is 3.73. The van der Waals surface area contributed by atoms with Crippen LogP contribution in [0.3, 0.4) is 0 Å². The highest BCUT2D eigenvalue weighted by atomic mass is 16.5. The van der Waals surface area contributed by atoms with Crippen molar-refractivity contribution in [3.63, 3.8) is 0 Å². The van der Waals surface area contributed by atoms with E-state index in [9.17, 15) is 0 Å². The average molecular weight is 217 g/mol. The minimum absolute atomic E-state index is 0.116. The van der Waals surface area contributed by atoms with Gasteiger partial charge >= 0.3 is 0 Å². The zero-order valence-electron chi connectivity index (χ0n) is 9.61. The molecule has 0 spiro atoms. The van der Waals surface area contributed by atoms with Crippen LogP contribution in [0.5, 0.6) is 0 Å². The van der Waals surface area contributed by atoms with Gasteiger partial charge in [0, 0.05) is 12.1 Å². The average Bonchev–Trinajstić information content (AvgIpc) is 2.83. The lowest BCUT2D eigenvalue weighted by Crippen LogP contribution is -2.24. The summed E-state index contributed by atoms with van der Waals surface area (Å²) < 4.78 is 5.67. The van der Waals surface area contributed by atoms with Crippen LogP contribution < -0.4 is 5.73 Å². The van der Waals surface area contributed by atoms with Gasteiger partial charge in [-0.05, 0) is 43.2 Å². The van der Waals surface area contributed by atoms with Crippen molar-refractivity contribution in [3.05, 3.63) is 35.4 Å². The van der Waals surface area contributed by atoms with E-state index >= 15 is 0 Å². The van der Waals surface area contributed by atoms with Gasteiger partial charge in [-0.25, -0.2) is 0 Å². The molecule has 3 rings (SSSR count). The van der Waals surface area contributed by atoms with Gasteiger partial charge in [-0.1, -0.05) is 24.3 Å². The van der Waals surface area contributed by atoms with Crippen molar-refractivity contribution < 1.29 is 4.74 Å². The van der Waals surface area contributed by atoms with Crippen LogP contribution in [-0.4, -0.2) is 12.1 Å². The molecule has 86 valence electrons. The van der Waals surface area contributed by atoms with Crippen LogP contribution in [0.4, 0.5) is 0 Å². The van der Waals surface area contributed by atoms with Crippen LogP contribution >= 0.6 is 0 Å². The van der Waals surface area contributed by atoms with Crippen LogP contribution in [0.25, 0.3) is 0 Å². The maximum absolute atomic E-state index is 6.11. The lowest BCUT2D eigenvalue weighted by molar-refractivity contribution is 0.112. The number of nitrogens with two attached hydrogens (primary N) is 1. The third kappa shape index (κ3) is 2.13. The second-order valence-corrected chi connectivity index (χ2v) is 5.28. The molecule has 1 heterocycles. The minimum Gasteiger partial charge on any atom is -0.374 e. The molecule has 1 aliphatic carbocycles. The van der Waals surface area contributed by atoms with Crippen molar-refractivity contribution >= 4 is 0 Å². The van der Waals surface area contributed by atoms with Gasteiger partial charge in [0.05, 0.1) is 6.10 Å². The Hall–Kier alpha value is -0.860. The van der Waals surface area contributed by atoms with Gasteiger partial charge in [0.1, 0.15) is 0 Å². The molecule has 0 radical (unpaired) electrons. The highest BCUT2D eigenvalue weighted by Gasteiger charge is 2.37. The first-order chi connectivity index (χ1) is 7.75. The number of hydrogen-bond acceptors (Lipinski definition) is 2. The van der Waals surface area contributed by atoms with Crippen LogP contribution in [0, 0.1) is 0 Å². The van der Waals surface area contributed by atoms with Crippen molar-refractivity contribution in [3.8, 4) is 0 Å². The Labute approximate surface area is 96.8 Å². The van der Waals surface area contributed by atoms with E-state index in [0.29, 0.717) is 6.10 Å². The highest BCUT2D eigenvalue weighted by Crippen LogP contribution is 2.36. The summed E-state index contributed by atoms with van der Waals surface area (Å²) in [6, 6.07) is 8.84. The predicted octanol–water partition coefficient (Wildman–Crippen LogP) is 2.57. The molecule has 1 aromatic rings. The Morgan fingerprint density at radius 3 is 2.56 bits per heavy atom. The van der Waals surface area contributed by atoms with E-state index in [-0.39, 0.29) is 5.54 Å². The summed E-state index contributed by atoms with van der Waals surface area (Å²) in [5.74, 6) is 0. The number of benzene rings is 1.